The summed E-state index contributed by atoms with van der Waals surface area (Å²) in [7, 11) is 0. The van der Waals surface area contributed by atoms with Gasteiger partial charge >= 0.3 is 0 Å². The fourth-order valence-corrected chi connectivity index (χ4v) is 8.28. The van der Waals surface area contributed by atoms with Gasteiger partial charge in [0.15, 0.2) is 0 Å². The molecule has 1 unspecified atom stereocenters. The number of hydrogen-bond acceptors (Lipinski definition) is 6. The second-order valence-corrected chi connectivity index (χ2v) is 13.7. The van der Waals surface area contributed by atoms with Crippen molar-refractivity contribution < 1.29 is 29.0 Å². The predicted molar refractivity (Wildman–Crippen MR) is 177 cm³/mol. The Morgan fingerprint density at radius 3 is 2.33 bits per heavy atom. The minimum atomic E-state index is -1.45. The van der Waals surface area contributed by atoms with E-state index in [-0.39, 0.29) is 36.8 Å². The van der Waals surface area contributed by atoms with Crippen molar-refractivity contribution >= 4 is 40.7 Å². The summed E-state index contributed by atoms with van der Waals surface area (Å²) < 4.78 is 12.6. The summed E-state index contributed by atoms with van der Waals surface area (Å²) in [6.45, 7) is 10.3. The quantitative estimate of drug-likeness (QED) is 0.408. The molecule has 1 N–H and O–H groups in total. The summed E-state index contributed by atoms with van der Waals surface area (Å²) in [5.41, 5.74) is -0.583. The zero-order chi connectivity index (χ0) is 33.0. The highest BCUT2D eigenvalue weighted by molar-refractivity contribution is 6.34. The van der Waals surface area contributed by atoms with Crippen molar-refractivity contribution in [2.75, 3.05) is 36.1 Å². The van der Waals surface area contributed by atoms with Gasteiger partial charge in [0, 0.05) is 18.8 Å². The number of rotatable bonds is 8. The lowest BCUT2D eigenvalue weighted by molar-refractivity contribution is -0.148. The van der Waals surface area contributed by atoms with E-state index in [1.165, 1.54) is 4.90 Å². The van der Waals surface area contributed by atoms with Crippen LogP contribution in [0.5, 0.6) is 5.75 Å². The van der Waals surface area contributed by atoms with Crippen molar-refractivity contribution in [3.63, 3.8) is 0 Å². The minimum absolute atomic E-state index is 0.128. The van der Waals surface area contributed by atoms with Crippen molar-refractivity contribution in [2.45, 2.75) is 64.3 Å². The average molecular weight is 648 g/mol. The summed E-state index contributed by atoms with van der Waals surface area (Å²) >= 11 is 6.68. The monoisotopic (exact) mass is 647 g/mol. The number of para-hydroxylation sites is 1. The third-order valence-electron chi connectivity index (χ3n) is 9.76. The number of carbonyl (C=O) groups is 3. The number of hydrogen-bond donors (Lipinski definition) is 1. The molecule has 10 heteroatoms. The first kappa shape index (κ1) is 32.3. The van der Waals surface area contributed by atoms with Crippen molar-refractivity contribution in [1.82, 2.24) is 4.90 Å². The lowest BCUT2D eigenvalue weighted by Crippen LogP contribution is -2.59. The molecule has 0 aromatic heterocycles. The normalized spacial score (nSPS) is 29.5. The molecule has 0 radical (unpaired) electrons. The minimum Gasteiger partial charge on any atom is -0.494 e. The van der Waals surface area contributed by atoms with Crippen LogP contribution in [-0.2, 0) is 19.1 Å². The summed E-state index contributed by atoms with van der Waals surface area (Å²) in [5, 5.41) is 11.1. The number of fused-ring (bicyclic) bond motifs is 2. The maximum Gasteiger partial charge on any atom is 0.253 e. The Morgan fingerprint density at radius 1 is 0.978 bits per heavy atom. The highest BCUT2D eigenvalue weighted by atomic mass is 35.5. The molecule has 2 saturated heterocycles. The first-order valence-corrected chi connectivity index (χ1v) is 16.4. The Kier molecular flexibility index (Phi) is 8.54. The van der Waals surface area contributed by atoms with Crippen LogP contribution in [0.15, 0.2) is 66.8 Å². The van der Waals surface area contributed by atoms with Gasteiger partial charge in [0.1, 0.15) is 17.4 Å². The fourth-order valence-electron chi connectivity index (χ4n) is 7.96. The van der Waals surface area contributed by atoms with Crippen LogP contribution in [0.3, 0.4) is 0 Å². The second kappa shape index (κ2) is 12.2. The maximum atomic E-state index is 14.9. The number of carbonyl (C=O) groups excluding carboxylic acids is 3. The average Bonchev–Trinajstić information content (AvgIpc) is 3.29. The van der Waals surface area contributed by atoms with Gasteiger partial charge in [0.2, 0.25) is 11.8 Å². The van der Waals surface area contributed by atoms with Gasteiger partial charge in [-0.2, -0.15) is 0 Å². The van der Waals surface area contributed by atoms with Crippen molar-refractivity contribution in [1.29, 1.82) is 0 Å². The number of amides is 3. The summed E-state index contributed by atoms with van der Waals surface area (Å²) in [5.74, 6) is -2.10. The van der Waals surface area contributed by atoms with Crippen LogP contribution in [-0.4, -0.2) is 77.3 Å². The first-order valence-electron chi connectivity index (χ1n) is 16.1. The Morgan fingerprint density at radius 2 is 1.67 bits per heavy atom. The molecule has 9 nitrogen and oxygen atoms in total. The maximum absolute atomic E-state index is 14.9. The van der Waals surface area contributed by atoms with Crippen LogP contribution in [0.1, 0.15) is 39.7 Å². The Balaban J connectivity index is 1.48. The zero-order valence-corrected chi connectivity index (χ0v) is 27.7. The van der Waals surface area contributed by atoms with E-state index in [9.17, 15) is 19.5 Å². The van der Waals surface area contributed by atoms with Gasteiger partial charge in [0.25, 0.3) is 5.91 Å². The number of aliphatic hydroxyl groups excluding tert-OH is 1. The molecule has 0 saturated carbocycles. The van der Waals surface area contributed by atoms with Crippen molar-refractivity contribution in [2.24, 2.45) is 17.8 Å². The smallest absolute Gasteiger partial charge is 0.253 e. The van der Waals surface area contributed by atoms with E-state index in [1.807, 2.05) is 95.3 Å². The summed E-state index contributed by atoms with van der Waals surface area (Å²) in [4.78, 5) is 49.2. The molecule has 2 aromatic rings. The van der Waals surface area contributed by atoms with E-state index in [1.54, 1.807) is 15.9 Å². The number of anilines is 2. The molecule has 4 aliphatic heterocycles. The molecule has 0 aliphatic carbocycles. The van der Waals surface area contributed by atoms with E-state index < -0.39 is 35.1 Å². The lowest BCUT2D eigenvalue weighted by Gasteiger charge is -2.40. The number of aryl methyl sites for hydroxylation is 1. The molecule has 4 aliphatic rings. The van der Waals surface area contributed by atoms with Crippen LogP contribution in [0.2, 0.25) is 5.02 Å². The standard InChI is InChI=1S/C36H42ClN3O6/c1-6-45-26-14-12-24(13-15-26)38-18-8-16-35(5)28(32(38)42)29-33(43)40(25(21-41)20-22(2)3)31-34(44)39(19-9-17-36(29,31)46-35)30-23(4)10-7-11-27(30)37/h7-17,22,25,28-29,31,41H,6,18-21H2,1-5H3/t25-,28-,29+,31?,35+,36+/m1/s1. The van der Waals surface area contributed by atoms with Gasteiger partial charge in [-0.1, -0.05) is 61.9 Å². The van der Waals surface area contributed by atoms with E-state index >= 15 is 0 Å². The third-order valence-corrected chi connectivity index (χ3v) is 10.1. The summed E-state index contributed by atoms with van der Waals surface area (Å²) in [6, 6.07) is 11.0. The fraction of sp³-hybridized carbons (Fsp3) is 0.472. The van der Waals surface area contributed by atoms with Gasteiger partial charge < -0.3 is 29.3 Å². The topological polar surface area (TPSA) is 99.6 Å². The van der Waals surface area contributed by atoms with Crippen molar-refractivity contribution in [3.8, 4) is 5.75 Å². The molecule has 1 spiro atoms. The highest BCUT2D eigenvalue weighted by Crippen LogP contribution is 2.58. The Labute approximate surface area is 275 Å². The molecule has 244 valence electrons. The number of benzene rings is 2. The van der Waals surface area contributed by atoms with Gasteiger partial charge in [-0.25, -0.2) is 0 Å². The molecular formula is C36H42ClN3O6. The largest absolute Gasteiger partial charge is 0.494 e. The van der Waals surface area contributed by atoms with Crippen LogP contribution < -0.4 is 14.5 Å². The van der Waals surface area contributed by atoms with E-state index in [0.717, 1.165) is 5.56 Å². The second-order valence-electron chi connectivity index (χ2n) is 13.2. The van der Waals surface area contributed by atoms with Crippen LogP contribution >= 0.6 is 11.6 Å². The number of ether oxygens (including phenoxy) is 2. The van der Waals surface area contributed by atoms with Crippen LogP contribution in [0, 0.1) is 24.7 Å². The Hall–Kier alpha value is -3.66. The van der Waals surface area contributed by atoms with E-state index in [2.05, 4.69) is 0 Å². The third kappa shape index (κ3) is 5.04. The molecule has 0 bridgehead atoms. The molecule has 2 fully saturated rings. The molecule has 3 amide bonds. The van der Waals surface area contributed by atoms with Crippen LogP contribution in [0.4, 0.5) is 11.4 Å². The summed E-state index contributed by atoms with van der Waals surface area (Å²) in [6.07, 6.45) is 7.88. The first-order chi connectivity index (χ1) is 22.0. The lowest BCUT2D eigenvalue weighted by atomic mass is 9.74. The SMILES string of the molecule is CCOc1ccc(N2CC=C[C@]3(C)O[C@]45C=CCN(c6c(C)cccc6Cl)C(=O)C4N([C@@H](CO)CC(C)C)C(=O)[C@@H]5[C@@H]3C2=O)cc1. The molecule has 2 aromatic carbocycles. The van der Waals surface area contributed by atoms with Gasteiger partial charge in [-0.3, -0.25) is 14.4 Å². The number of halogens is 1. The molecular weight excluding hydrogens is 606 g/mol. The van der Waals surface area contributed by atoms with E-state index in [4.69, 9.17) is 21.1 Å². The van der Waals surface area contributed by atoms with Gasteiger partial charge in [0.05, 0.1) is 47.4 Å². The van der Waals surface area contributed by atoms with Gasteiger partial charge in [-0.05, 0) is 69.0 Å². The Bertz CT molecular complexity index is 1570. The zero-order valence-electron chi connectivity index (χ0n) is 27.0. The van der Waals surface area contributed by atoms with E-state index in [0.29, 0.717) is 41.7 Å². The molecule has 6 rings (SSSR count). The highest BCUT2D eigenvalue weighted by Gasteiger charge is 2.75. The van der Waals surface area contributed by atoms with Crippen molar-refractivity contribution in [3.05, 3.63) is 77.4 Å². The van der Waals surface area contributed by atoms with Crippen LogP contribution in [0.25, 0.3) is 0 Å². The van der Waals surface area contributed by atoms with Gasteiger partial charge in [-0.15, -0.1) is 0 Å². The predicted octanol–water partition coefficient (Wildman–Crippen LogP) is 4.93. The number of aliphatic hydroxyl groups is 1. The number of nitrogens with zero attached hydrogens (tertiary/aromatic N) is 3. The number of likely N-dealkylation sites (tertiary alicyclic amines) is 1. The molecule has 4 heterocycles. The molecule has 6 atom stereocenters. The molecule has 46 heavy (non-hydrogen) atoms.